The van der Waals surface area contributed by atoms with Crippen LogP contribution in [-0.2, 0) is 14.6 Å². The van der Waals surface area contributed by atoms with Crippen LogP contribution in [0.1, 0.15) is 36.4 Å². The van der Waals surface area contributed by atoms with Crippen LogP contribution in [0.15, 0.2) is 24.3 Å². The fourth-order valence-corrected chi connectivity index (χ4v) is 4.59. The Morgan fingerprint density at radius 3 is 2.62 bits per heavy atom. The Morgan fingerprint density at radius 2 is 1.96 bits per heavy atom. The summed E-state index contributed by atoms with van der Waals surface area (Å²) in [6.45, 7) is 3.43. The van der Waals surface area contributed by atoms with Crippen molar-refractivity contribution in [2.45, 2.75) is 38.1 Å². The SMILES string of the molecule is Cc1[nH]c2ccccc2c1C1CCN(C(=O)C(N)CCS(C)(=O)=O)CC1. The van der Waals surface area contributed by atoms with Crippen LogP contribution in [0.2, 0.25) is 0 Å². The molecule has 1 saturated heterocycles. The summed E-state index contributed by atoms with van der Waals surface area (Å²) in [4.78, 5) is 17.7. The van der Waals surface area contributed by atoms with Crippen molar-refractivity contribution in [3.63, 3.8) is 0 Å². The third-order valence-corrected chi connectivity index (χ3v) is 6.25. The molecule has 3 N–H and O–H groups in total. The molecule has 7 heteroatoms. The first-order valence-electron chi connectivity index (χ1n) is 9.05. The fourth-order valence-electron chi connectivity index (χ4n) is 3.91. The van der Waals surface area contributed by atoms with Gasteiger partial charge in [-0.05, 0) is 43.7 Å². The second-order valence-electron chi connectivity index (χ2n) is 7.33. The lowest BCUT2D eigenvalue weighted by Crippen LogP contribution is -2.47. The second-order valence-corrected chi connectivity index (χ2v) is 9.59. The third-order valence-electron chi connectivity index (χ3n) is 5.28. The summed E-state index contributed by atoms with van der Waals surface area (Å²) >= 11 is 0. The van der Waals surface area contributed by atoms with Gasteiger partial charge < -0.3 is 15.6 Å². The maximum atomic E-state index is 12.5. The Labute approximate surface area is 154 Å². The van der Waals surface area contributed by atoms with Crippen LogP contribution in [0.5, 0.6) is 0 Å². The molecule has 1 aromatic heterocycles. The summed E-state index contributed by atoms with van der Waals surface area (Å²) in [6.07, 6.45) is 3.14. The van der Waals surface area contributed by atoms with E-state index in [1.54, 1.807) is 4.90 Å². The molecule has 1 unspecified atom stereocenters. The van der Waals surface area contributed by atoms with Gasteiger partial charge in [-0.2, -0.15) is 0 Å². The Balaban J connectivity index is 1.63. The Bertz CT molecular complexity index is 896. The van der Waals surface area contributed by atoms with E-state index in [1.807, 2.05) is 6.07 Å². The minimum absolute atomic E-state index is 0.0507. The minimum Gasteiger partial charge on any atom is -0.358 e. The number of sulfone groups is 1. The summed E-state index contributed by atoms with van der Waals surface area (Å²) in [5, 5.41) is 1.26. The second kappa shape index (κ2) is 7.40. The largest absolute Gasteiger partial charge is 0.358 e. The molecule has 3 rings (SSSR count). The average Bonchev–Trinajstić information content (AvgIpc) is 2.94. The molecular formula is C19H27N3O3S. The van der Waals surface area contributed by atoms with Gasteiger partial charge >= 0.3 is 0 Å². The normalized spacial score (nSPS) is 17.6. The highest BCUT2D eigenvalue weighted by molar-refractivity contribution is 7.90. The predicted molar refractivity (Wildman–Crippen MR) is 104 cm³/mol. The van der Waals surface area contributed by atoms with Crippen LogP contribution >= 0.6 is 0 Å². The van der Waals surface area contributed by atoms with Gasteiger partial charge in [0.2, 0.25) is 5.91 Å². The van der Waals surface area contributed by atoms with Crippen molar-refractivity contribution >= 4 is 26.6 Å². The molecule has 1 aromatic carbocycles. The number of aromatic amines is 1. The molecule has 0 aliphatic carbocycles. The van der Waals surface area contributed by atoms with Crippen molar-refractivity contribution in [2.24, 2.45) is 5.73 Å². The van der Waals surface area contributed by atoms with E-state index in [4.69, 9.17) is 5.73 Å². The number of para-hydroxylation sites is 1. The van der Waals surface area contributed by atoms with Crippen LogP contribution in [0.3, 0.4) is 0 Å². The number of piperidine rings is 1. The number of fused-ring (bicyclic) bond motifs is 1. The lowest BCUT2D eigenvalue weighted by atomic mass is 9.87. The van der Waals surface area contributed by atoms with Crippen LogP contribution in [-0.4, -0.2) is 55.3 Å². The highest BCUT2D eigenvalue weighted by Crippen LogP contribution is 2.35. The number of aromatic nitrogens is 1. The first-order valence-corrected chi connectivity index (χ1v) is 11.1. The Morgan fingerprint density at radius 1 is 1.31 bits per heavy atom. The lowest BCUT2D eigenvalue weighted by molar-refractivity contribution is -0.133. The number of nitrogens with zero attached hydrogens (tertiary/aromatic N) is 1. The fraction of sp³-hybridized carbons (Fsp3) is 0.526. The van der Waals surface area contributed by atoms with E-state index < -0.39 is 15.9 Å². The van der Waals surface area contributed by atoms with Crippen LogP contribution in [0.4, 0.5) is 0 Å². The number of aryl methyl sites for hydroxylation is 1. The summed E-state index contributed by atoms with van der Waals surface area (Å²) < 4.78 is 22.5. The van der Waals surface area contributed by atoms with Crippen LogP contribution in [0, 0.1) is 6.92 Å². The van der Waals surface area contributed by atoms with Crippen LogP contribution in [0.25, 0.3) is 10.9 Å². The van der Waals surface area contributed by atoms with Gasteiger partial charge in [0.25, 0.3) is 0 Å². The number of H-pyrrole nitrogens is 1. The number of rotatable bonds is 5. The van der Waals surface area contributed by atoms with Crippen molar-refractivity contribution in [1.82, 2.24) is 9.88 Å². The zero-order valence-corrected chi connectivity index (χ0v) is 16.2. The quantitative estimate of drug-likeness (QED) is 0.832. The van der Waals surface area contributed by atoms with E-state index >= 15 is 0 Å². The number of hydrogen-bond acceptors (Lipinski definition) is 4. The maximum absolute atomic E-state index is 12.5. The molecule has 1 fully saturated rings. The zero-order chi connectivity index (χ0) is 18.9. The van der Waals surface area contributed by atoms with E-state index in [9.17, 15) is 13.2 Å². The molecule has 6 nitrogen and oxygen atoms in total. The van der Waals surface area contributed by atoms with Gasteiger partial charge in [-0.25, -0.2) is 8.42 Å². The molecule has 26 heavy (non-hydrogen) atoms. The lowest BCUT2D eigenvalue weighted by Gasteiger charge is -2.34. The van der Waals surface area contributed by atoms with E-state index in [0.717, 1.165) is 18.4 Å². The third kappa shape index (κ3) is 4.10. The summed E-state index contributed by atoms with van der Waals surface area (Å²) in [7, 11) is -3.10. The van der Waals surface area contributed by atoms with Crippen molar-refractivity contribution in [3.05, 3.63) is 35.5 Å². The van der Waals surface area contributed by atoms with Gasteiger partial charge in [-0.3, -0.25) is 4.79 Å². The molecule has 0 spiro atoms. The highest BCUT2D eigenvalue weighted by Gasteiger charge is 2.29. The van der Waals surface area contributed by atoms with Crippen molar-refractivity contribution < 1.29 is 13.2 Å². The average molecular weight is 378 g/mol. The van der Waals surface area contributed by atoms with Gasteiger partial charge in [-0.15, -0.1) is 0 Å². The topological polar surface area (TPSA) is 96.3 Å². The molecule has 0 radical (unpaired) electrons. The molecule has 1 aliphatic rings. The molecule has 142 valence electrons. The number of carbonyl (C=O) groups is 1. The number of benzene rings is 1. The number of carbonyl (C=O) groups excluding carboxylic acids is 1. The van der Waals surface area contributed by atoms with Crippen LogP contribution < -0.4 is 5.73 Å². The van der Waals surface area contributed by atoms with E-state index in [1.165, 1.54) is 22.9 Å². The molecule has 1 aliphatic heterocycles. The highest BCUT2D eigenvalue weighted by atomic mass is 32.2. The standard InChI is InChI=1S/C19H27N3O3S/c1-13-18(15-5-3-4-6-17(15)21-13)14-7-10-22(11-8-14)19(23)16(20)9-12-26(2,24)25/h3-6,14,16,21H,7-12,20H2,1-2H3. The monoisotopic (exact) mass is 377 g/mol. The van der Waals surface area contributed by atoms with Crippen molar-refractivity contribution in [3.8, 4) is 0 Å². The van der Waals surface area contributed by atoms with E-state index in [-0.39, 0.29) is 18.1 Å². The number of likely N-dealkylation sites (tertiary alicyclic amines) is 1. The van der Waals surface area contributed by atoms with Crippen molar-refractivity contribution in [1.29, 1.82) is 0 Å². The van der Waals surface area contributed by atoms with E-state index in [2.05, 4.69) is 30.1 Å². The molecular weight excluding hydrogens is 350 g/mol. The van der Waals surface area contributed by atoms with Gasteiger partial charge in [-0.1, -0.05) is 18.2 Å². The molecule has 1 atom stereocenters. The first-order chi connectivity index (χ1) is 12.3. The summed E-state index contributed by atoms with van der Waals surface area (Å²) in [6, 6.07) is 7.58. The Hall–Kier alpha value is -1.86. The molecule has 2 heterocycles. The van der Waals surface area contributed by atoms with Crippen molar-refractivity contribution in [2.75, 3.05) is 25.1 Å². The predicted octanol–water partition coefficient (Wildman–Crippen LogP) is 1.94. The molecule has 0 bridgehead atoms. The molecule has 1 amide bonds. The number of nitrogens with one attached hydrogen (secondary N) is 1. The minimum atomic E-state index is -3.10. The van der Waals surface area contributed by atoms with Gasteiger partial charge in [0.1, 0.15) is 9.84 Å². The number of hydrogen-bond donors (Lipinski definition) is 2. The summed E-state index contributed by atoms with van der Waals surface area (Å²) in [5.41, 5.74) is 9.63. The van der Waals surface area contributed by atoms with Gasteiger partial charge in [0.15, 0.2) is 0 Å². The first kappa shape index (κ1) is 18.9. The smallest absolute Gasteiger partial charge is 0.239 e. The maximum Gasteiger partial charge on any atom is 0.239 e. The molecule has 2 aromatic rings. The number of nitrogens with two attached hydrogens (primary N) is 1. The summed E-state index contributed by atoms with van der Waals surface area (Å²) in [5.74, 6) is 0.232. The Kier molecular flexibility index (Phi) is 5.39. The van der Waals surface area contributed by atoms with E-state index in [0.29, 0.717) is 19.0 Å². The zero-order valence-electron chi connectivity index (χ0n) is 15.4. The van der Waals surface area contributed by atoms with Gasteiger partial charge in [0, 0.05) is 35.9 Å². The number of amides is 1. The molecule has 0 saturated carbocycles. The van der Waals surface area contributed by atoms with Gasteiger partial charge in [0.05, 0.1) is 11.8 Å².